The van der Waals surface area contributed by atoms with Gasteiger partial charge < -0.3 is 19.7 Å². The lowest BCUT2D eigenvalue weighted by atomic mass is 10.2. The number of hydrogen-bond acceptors (Lipinski definition) is 6. The Bertz CT molecular complexity index is 938. The van der Waals surface area contributed by atoms with Crippen molar-refractivity contribution >= 4 is 35.2 Å². The van der Waals surface area contributed by atoms with E-state index in [2.05, 4.69) is 5.32 Å². The average Bonchev–Trinajstić information content (AvgIpc) is 2.77. The number of esters is 1. The van der Waals surface area contributed by atoms with Gasteiger partial charge in [0, 0.05) is 23.7 Å². The van der Waals surface area contributed by atoms with Crippen LogP contribution in [0.1, 0.15) is 17.3 Å². The Labute approximate surface area is 183 Å². The van der Waals surface area contributed by atoms with Crippen LogP contribution in [0.25, 0.3) is 0 Å². The second-order valence-corrected chi connectivity index (χ2v) is 7.95. The summed E-state index contributed by atoms with van der Waals surface area (Å²) >= 11 is 1.17. The lowest BCUT2D eigenvalue weighted by molar-refractivity contribution is -0.141. The van der Waals surface area contributed by atoms with Crippen molar-refractivity contribution in [2.75, 3.05) is 37.4 Å². The molecule has 1 N–H and O–H groups in total. The lowest BCUT2D eigenvalue weighted by Crippen LogP contribution is -2.46. The van der Waals surface area contributed by atoms with E-state index in [-0.39, 0.29) is 41.7 Å². The van der Waals surface area contributed by atoms with Crippen molar-refractivity contribution in [3.8, 4) is 0 Å². The van der Waals surface area contributed by atoms with Crippen LogP contribution < -0.4 is 5.32 Å². The number of ether oxygens (including phenoxy) is 2. The number of rotatable bonds is 7. The SMILES string of the molecule is CC1CN(C(=O)COC(=O)c2ccccc2SCC(=O)Nc2ccc(F)cc2)CCO1. The van der Waals surface area contributed by atoms with Gasteiger partial charge in [-0.3, -0.25) is 9.59 Å². The first-order valence-electron chi connectivity index (χ1n) is 9.76. The van der Waals surface area contributed by atoms with Crippen molar-refractivity contribution in [1.82, 2.24) is 4.90 Å². The molecule has 1 saturated heterocycles. The van der Waals surface area contributed by atoms with Gasteiger partial charge in [-0.1, -0.05) is 12.1 Å². The van der Waals surface area contributed by atoms with Crippen LogP contribution in [-0.2, 0) is 19.1 Å². The van der Waals surface area contributed by atoms with Crippen LogP contribution in [0.3, 0.4) is 0 Å². The molecule has 0 radical (unpaired) electrons. The number of carbonyl (C=O) groups is 3. The molecule has 31 heavy (non-hydrogen) atoms. The van der Waals surface area contributed by atoms with Gasteiger partial charge in [-0.25, -0.2) is 9.18 Å². The van der Waals surface area contributed by atoms with E-state index in [9.17, 15) is 18.8 Å². The fraction of sp³-hybridized carbons (Fsp3) is 0.318. The van der Waals surface area contributed by atoms with Crippen LogP contribution >= 0.6 is 11.8 Å². The first kappa shape index (κ1) is 22.8. The summed E-state index contributed by atoms with van der Waals surface area (Å²) in [4.78, 5) is 39.1. The van der Waals surface area contributed by atoms with Gasteiger partial charge in [-0.15, -0.1) is 11.8 Å². The maximum atomic E-state index is 13.0. The van der Waals surface area contributed by atoms with E-state index in [1.807, 2.05) is 6.92 Å². The Hall–Kier alpha value is -2.91. The highest BCUT2D eigenvalue weighted by Gasteiger charge is 2.23. The number of nitrogens with one attached hydrogen (secondary N) is 1. The number of nitrogens with zero attached hydrogens (tertiary/aromatic N) is 1. The molecule has 0 spiro atoms. The molecular weight excluding hydrogens is 423 g/mol. The first-order valence-corrected chi connectivity index (χ1v) is 10.7. The topological polar surface area (TPSA) is 84.9 Å². The van der Waals surface area contributed by atoms with Crippen LogP contribution in [-0.4, -0.2) is 60.8 Å². The van der Waals surface area contributed by atoms with E-state index >= 15 is 0 Å². The van der Waals surface area contributed by atoms with Gasteiger partial charge >= 0.3 is 5.97 Å². The number of amides is 2. The molecule has 0 aromatic heterocycles. The Kier molecular flexibility index (Phi) is 8.02. The quantitative estimate of drug-likeness (QED) is 0.520. The number of anilines is 1. The number of benzene rings is 2. The predicted octanol–water partition coefficient (Wildman–Crippen LogP) is 2.96. The van der Waals surface area contributed by atoms with E-state index in [4.69, 9.17) is 9.47 Å². The molecule has 9 heteroatoms. The Morgan fingerprint density at radius 3 is 2.68 bits per heavy atom. The first-order chi connectivity index (χ1) is 14.9. The van der Waals surface area contributed by atoms with Gasteiger partial charge in [-0.05, 0) is 43.3 Å². The summed E-state index contributed by atoms with van der Waals surface area (Å²) in [6.45, 7) is 2.92. The fourth-order valence-electron chi connectivity index (χ4n) is 2.98. The van der Waals surface area contributed by atoms with Gasteiger partial charge in [0.05, 0.1) is 24.0 Å². The third-order valence-electron chi connectivity index (χ3n) is 4.51. The van der Waals surface area contributed by atoms with Crippen LogP contribution in [0.5, 0.6) is 0 Å². The summed E-state index contributed by atoms with van der Waals surface area (Å²) < 4.78 is 23.6. The zero-order chi connectivity index (χ0) is 22.2. The highest BCUT2D eigenvalue weighted by atomic mass is 32.2. The third-order valence-corrected chi connectivity index (χ3v) is 5.59. The smallest absolute Gasteiger partial charge is 0.339 e. The minimum atomic E-state index is -0.628. The van der Waals surface area contributed by atoms with Crippen LogP contribution in [0.2, 0.25) is 0 Å². The van der Waals surface area contributed by atoms with Crippen molar-refractivity contribution in [3.05, 3.63) is 59.9 Å². The molecule has 3 rings (SSSR count). The summed E-state index contributed by atoms with van der Waals surface area (Å²) in [7, 11) is 0. The lowest BCUT2D eigenvalue weighted by Gasteiger charge is -2.30. The molecule has 1 heterocycles. The highest BCUT2D eigenvalue weighted by molar-refractivity contribution is 8.00. The second kappa shape index (κ2) is 10.9. The minimum Gasteiger partial charge on any atom is -0.452 e. The third kappa shape index (κ3) is 6.80. The van der Waals surface area contributed by atoms with Crippen LogP contribution in [0.4, 0.5) is 10.1 Å². The zero-order valence-corrected chi connectivity index (χ0v) is 17.8. The van der Waals surface area contributed by atoms with Crippen LogP contribution in [0.15, 0.2) is 53.4 Å². The molecule has 1 fully saturated rings. The average molecular weight is 447 g/mol. The molecule has 1 aliphatic heterocycles. The summed E-state index contributed by atoms with van der Waals surface area (Å²) in [5.74, 6) is -1.53. The van der Waals surface area contributed by atoms with Gasteiger partial charge in [0.25, 0.3) is 5.91 Å². The predicted molar refractivity (Wildman–Crippen MR) is 114 cm³/mol. The van der Waals surface area contributed by atoms with Gasteiger partial charge in [0.1, 0.15) is 5.82 Å². The maximum Gasteiger partial charge on any atom is 0.339 e. The molecule has 2 amide bonds. The monoisotopic (exact) mass is 446 g/mol. The highest BCUT2D eigenvalue weighted by Crippen LogP contribution is 2.24. The Morgan fingerprint density at radius 2 is 1.94 bits per heavy atom. The van der Waals surface area contributed by atoms with Gasteiger partial charge in [0.2, 0.25) is 5.91 Å². The molecule has 1 atom stereocenters. The molecule has 7 nitrogen and oxygen atoms in total. The second-order valence-electron chi connectivity index (χ2n) is 6.94. The Morgan fingerprint density at radius 1 is 1.19 bits per heavy atom. The molecule has 0 aliphatic carbocycles. The number of thioether (sulfide) groups is 1. The summed E-state index contributed by atoms with van der Waals surface area (Å²) in [5, 5.41) is 2.67. The van der Waals surface area contributed by atoms with Crippen molar-refractivity contribution in [2.24, 2.45) is 0 Å². The number of halogens is 1. The summed E-state index contributed by atoms with van der Waals surface area (Å²) in [6, 6.07) is 12.2. The standard InChI is InChI=1S/C22H23FN2O5S/c1-15-12-25(10-11-29-15)21(27)13-30-22(28)18-4-2-3-5-19(18)31-14-20(26)24-17-8-6-16(23)7-9-17/h2-9,15H,10-14H2,1H3,(H,24,26). The molecule has 0 bridgehead atoms. The van der Waals surface area contributed by atoms with E-state index in [0.29, 0.717) is 30.3 Å². The van der Waals surface area contributed by atoms with E-state index < -0.39 is 5.97 Å². The zero-order valence-electron chi connectivity index (χ0n) is 17.0. The maximum absolute atomic E-state index is 13.0. The van der Waals surface area contributed by atoms with Gasteiger partial charge in [-0.2, -0.15) is 0 Å². The van der Waals surface area contributed by atoms with Gasteiger partial charge in [0.15, 0.2) is 6.61 Å². The fourth-order valence-corrected chi connectivity index (χ4v) is 3.82. The molecular formula is C22H23FN2O5S. The molecule has 2 aromatic carbocycles. The van der Waals surface area contributed by atoms with E-state index in [1.165, 1.54) is 36.0 Å². The van der Waals surface area contributed by atoms with Crippen molar-refractivity contribution in [2.45, 2.75) is 17.9 Å². The minimum absolute atomic E-state index is 0.0479. The molecule has 164 valence electrons. The normalized spacial score (nSPS) is 15.9. The molecule has 1 unspecified atom stereocenters. The van der Waals surface area contributed by atoms with Crippen LogP contribution in [0, 0.1) is 5.82 Å². The van der Waals surface area contributed by atoms with Crippen molar-refractivity contribution in [1.29, 1.82) is 0 Å². The van der Waals surface area contributed by atoms with Crippen molar-refractivity contribution < 1.29 is 28.2 Å². The summed E-state index contributed by atoms with van der Waals surface area (Å²) in [6.07, 6.45) is -0.0495. The van der Waals surface area contributed by atoms with Crippen molar-refractivity contribution in [3.63, 3.8) is 0 Å². The largest absolute Gasteiger partial charge is 0.452 e. The van der Waals surface area contributed by atoms with E-state index in [1.54, 1.807) is 29.2 Å². The number of hydrogen-bond donors (Lipinski definition) is 1. The number of morpholine rings is 1. The Balaban J connectivity index is 1.52. The molecule has 2 aromatic rings. The summed E-state index contributed by atoms with van der Waals surface area (Å²) in [5.41, 5.74) is 0.765. The molecule has 1 aliphatic rings. The number of carbonyl (C=O) groups excluding carboxylic acids is 3. The molecule has 0 saturated carbocycles. The van der Waals surface area contributed by atoms with E-state index in [0.717, 1.165) is 0 Å².